The first-order valence-corrected chi connectivity index (χ1v) is 6.71. The van der Waals surface area contributed by atoms with Crippen LogP contribution in [0.1, 0.15) is 46.0 Å². The van der Waals surface area contributed by atoms with Crippen molar-refractivity contribution >= 4 is 5.97 Å². The smallest absolute Gasteiger partial charge is 0.323 e. The molecule has 0 aromatic heterocycles. The summed E-state index contributed by atoms with van der Waals surface area (Å²) in [6.07, 6.45) is 5.74. The zero-order chi connectivity index (χ0) is 12.7. The molecule has 4 nitrogen and oxygen atoms in total. The van der Waals surface area contributed by atoms with Crippen LogP contribution in [-0.2, 0) is 9.53 Å². The lowest BCUT2D eigenvalue weighted by atomic mass is 9.89. The second-order valence-electron chi connectivity index (χ2n) is 5.06. The second-order valence-corrected chi connectivity index (χ2v) is 5.06. The minimum absolute atomic E-state index is 0.261. The van der Waals surface area contributed by atoms with Gasteiger partial charge in [0.05, 0.1) is 12.7 Å². The molecule has 1 unspecified atom stereocenters. The van der Waals surface area contributed by atoms with Crippen LogP contribution in [0.2, 0.25) is 0 Å². The number of rotatable bonds is 7. The Morgan fingerprint density at radius 1 is 1.41 bits per heavy atom. The Bertz CT molecular complexity index is 225. The summed E-state index contributed by atoms with van der Waals surface area (Å²) >= 11 is 0. The van der Waals surface area contributed by atoms with E-state index in [4.69, 9.17) is 9.84 Å². The van der Waals surface area contributed by atoms with Crippen molar-refractivity contribution in [3.63, 3.8) is 0 Å². The molecule has 1 rings (SSSR count). The minimum Gasteiger partial charge on any atom is -0.480 e. The molecule has 0 saturated heterocycles. The summed E-state index contributed by atoms with van der Waals surface area (Å²) in [5.41, 5.74) is 0. The van der Waals surface area contributed by atoms with E-state index in [-0.39, 0.29) is 12.7 Å². The molecular formula is C13H25NO3. The molecule has 4 heteroatoms. The summed E-state index contributed by atoms with van der Waals surface area (Å²) in [5.74, 6) is -0.0223. The normalized spacial score (nSPS) is 26.7. The van der Waals surface area contributed by atoms with Crippen molar-refractivity contribution in [1.29, 1.82) is 0 Å². The molecule has 1 aliphatic rings. The maximum Gasteiger partial charge on any atom is 0.323 e. The largest absolute Gasteiger partial charge is 0.480 e. The summed E-state index contributed by atoms with van der Waals surface area (Å²) in [4.78, 5) is 11.0. The molecular weight excluding hydrogens is 218 g/mol. The van der Waals surface area contributed by atoms with E-state index in [0.29, 0.717) is 0 Å². The third-order valence-electron chi connectivity index (χ3n) is 3.40. The predicted octanol–water partition coefficient (Wildman–Crippen LogP) is 2.03. The van der Waals surface area contributed by atoms with Gasteiger partial charge in [0.1, 0.15) is 6.04 Å². The standard InChI is InChI=1S/C13H25NO3/c1-3-8-14-12(13(15)16)9-17-11-6-4-10(2)5-7-11/h10-12,14H,3-9H2,1-2H3,(H,15,16). The van der Waals surface area contributed by atoms with Crippen LogP contribution >= 0.6 is 0 Å². The zero-order valence-corrected chi connectivity index (χ0v) is 10.9. The molecule has 0 aromatic rings. The van der Waals surface area contributed by atoms with Crippen molar-refractivity contribution in [1.82, 2.24) is 5.32 Å². The van der Waals surface area contributed by atoms with E-state index in [1.807, 2.05) is 6.92 Å². The number of ether oxygens (including phenoxy) is 1. The van der Waals surface area contributed by atoms with Crippen LogP contribution in [-0.4, -0.2) is 36.4 Å². The fraction of sp³-hybridized carbons (Fsp3) is 0.923. The average Bonchev–Trinajstić information content (AvgIpc) is 2.31. The predicted molar refractivity (Wildman–Crippen MR) is 67.1 cm³/mol. The van der Waals surface area contributed by atoms with Crippen molar-refractivity contribution in [2.75, 3.05) is 13.2 Å². The first-order chi connectivity index (χ1) is 8.13. The third-order valence-corrected chi connectivity index (χ3v) is 3.40. The van der Waals surface area contributed by atoms with Crippen molar-refractivity contribution in [3.8, 4) is 0 Å². The lowest BCUT2D eigenvalue weighted by Crippen LogP contribution is -2.42. The lowest BCUT2D eigenvalue weighted by Gasteiger charge is -2.27. The van der Waals surface area contributed by atoms with Gasteiger partial charge in [-0.1, -0.05) is 13.8 Å². The summed E-state index contributed by atoms with van der Waals surface area (Å²) in [6.45, 7) is 5.30. The Labute approximate surface area is 104 Å². The van der Waals surface area contributed by atoms with Crippen LogP contribution < -0.4 is 5.32 Å². The molecule has 0 aliphatic heterocycles. The van der Waals surface area contributed by atoms with Gasteiger partial charge < -0.3 is 15.2 Å². The van der Waals surface area contributed by atoms with Crippen molar-refractivity contribution in [2.45, 2.75) is 58.1 Å². The Morgan fingerprint density at radius 3 is 2.59 bits per heavy atom. The molecule has 100 valence electrons. The van der Waals surface area contributed by atoms with E-state index in [1.54, 1.807) is 0 Å². The van der Waals surface area contributed by atoms with Gasteiger partial charge in [-0.25, -0.2) is 0 Å². The molecule has 2 N–H and O–H groups in total. The SMILES string of the molecule is CCCNC(COC1CCC(C)CC1)C(=O)O. The number of carboxylic acids is 1. The summed E-state index contributed by atoms with van der Waals surface area (Å²) < 4.78 is 5.71. The number of carbonyl (C=O) groups is 1. The van der Waals surface area contributed by atoms with E-state index in [9.17, 15) is 4.79 Å². The van der Waals surface area contributed by atoms with Gasteiger partial charge in [0, 0.05) is 0 Å². The van der Waals surface area contributed by atoms with Gasteiger partial charge in [0.15, 0.2) is 0 Å². The van der Waals surface area contributed by atoms with Gasteiger partial charge in [-0.2, -0.15) is 0 Å². The van der Waals surface area contributed by atoms with E-state index in [0.717, 1.165) is 31.7 Å². The van der Waals surface area contributed by atoms with Gasteiger partial charge in [-0.15, -0.1) is 0 Å². The number of carboxylic acid groups (broad SMARTS) is 1. The molecule has 0 spiro atoms. The Kier molecular flexibility index (Phi) is 6.52. The van der Waals surface area contributed by atoms with E-state index < -0.39 is 12.0 Å². The van der Waals surface area contributed by atoms with Crippen molar-refractivity contribution < 1.29 is 14.6 Å². The molecule has 0 heterocycles. The van der Waals surface area contributed by atoms with Gasteiger partial charge in [-0.05, 0) is 44.6 Å². The van der Waals surface area contributed by atoms with Crippen molar-refractivity contribution in [3.05, 3.63) is 0 Å². The van der Waals surface area contributed by atoms with Crippen LogP contribution in [0, 0.1) is 5.92 Å². The molecule has 1 atom stereocenters. The monoisotopic (exact) mass is 243 g/mol. The highest BCUT2D eigenvalue weighted by atomic mass is 16.5. The van der Waals surface area contributed by atoms with E-state index in [1.165, 1.54) is 12.8 Å². The maximum atomic E-state index is 11.0. The highest BCUT2D eigenvalue weighted by Crippen LogP contribution is 2.25. The van der Waals surface area contributed by atoms with Crippen LogP contribution in [0.5, 0.6) is 0 Å². The number of hydrogen-bond donors (Lipinski definition) is 2. The first-order valence-electron chi connectivity index (χ1n) is 6.71. The Balaban J connectivity index is 2.23. The van der Waals surface area contributed by atoms with Gasteiger partial charge >= 0.3 is 5.97 Å². The fourth-order valence-corrected chi connectivity index (χ4v) is 2.16. The molecule has 1 fully saturated rings. The molecule has 17 heavy (non-hydrogen) atoms. The lowest BCUT2D eigenvalue weighted by molar-refractivity contribution is -0.142. The zero-order valence-electron chi connectivity index (χ0n) is 10.9. The highest BCUT2D eigenvalue weighted by Gasteiger charge is 2.22. The molecule has 1 saturated carbocycles. The van der Waals surface area contributed by atoms with Crippen LogP contribution in [0.15, 0.2) is 0 Å². The maximum absolute atomic E-state index is 11.0. The molecule has 0 amide bonds. The quantitative estimate of drug-likeness (QED) is 0.718. The summed E-state index contributed by atoms with van der Waals surface area (Å²) in [5, 5.41) is 12.0. The van der Waals surface area contributed by atoms with Crippen LogP contribution in [0.25, 0.3) is 0 Å². The van der Waals surface area contributed by atoms with Gasteiger partial charge in [-0.3, -0.25) is 4.79 Å². The first kappa shape index (κ1) is 14.5. The minimum atomic E-state index is -0.817. The average molecular weight is 243 g/mol. The Morgan fingerprint density at radius 2 is 2.06 bits per heavy atom. The molecule has 0 bridgehead atoms. The molecule has 1 aliphatic carbocycles. The van der Waals surface area contributed by atoms with E-state index >= 15 is 0 Å². The number of aliphatic carboxylic acids is 1. The van der Waals surface area contributed by atoms with Crippen LogP contribution in [0.4, 0.5) is 0 Å². The van der Waals surface area contributed by atoms with Crippen LogP contribution in [0.3, 0.4) is 0 Å². The van der Waals surface area contributed by atoms with Gasteiger partial charge in [0.25, 0.3) is 0 Å². The molecule has 0 aromatic carbocycles. The topological polar surface area (TPSA) is 58.6 Å². The summed E-state index contributed by atoms with van der Waals surface area (Å²) in [7, 11) is 0. The third kappa shape index (κ3) is 5.50. The number of hydrogen-bond acceptors (Lipinski definition) is 3. The molecule has 0 radical (unpaired) electrons. The van der Waals surface area contributed by atoms with E-state index in [2.05, 4.69) is 12.2 Å². The number of nitrogens with one attached hydrogen (secondary N) is 1. The summed E-state index contributed by atoms with van der Waals surface area (Å²) in [6, 6.07) is -0.561. The fourth-order valence-electron chi connectivity index (χ4n) is 2.16. The second kappa shape index (κ2) is 7.67. The Hall–Kier alpha value is -0.610. The van der Waals surface area contributed by atoms with Gasteiger partial charge in [0.2, 0.25) is 0 Å². The van der Waals surface area contributed by atoms with Crippen molar-refractivity contribution in [2.24, 2.45) is 5.92 Å². The highest BCUT2D eigenvalue weighted by molar-refractivity contribution is 5.73.